The minimum absolute atomic E-state index is 0.956. The highest BCUT2D eigenvalue weighted by Gasteiger charge is 2.18. The normalized spacial score (nSPS) is 13.8. The van der Waals surface area contributed by atoms with Crippen LogP contribution in [0.15, 0.2) is 29.3 Å². The molecule has 0 unspecified atom stereocenters. The summed E-state index contributed by atoms with van der Waals surface area (Å²) in [7, 11) is -1.97. The number of allylic oxidation sites excluding steroid dienone is 4. The fraction of sp³-hybridized carbons (Fsp3) is 0.762. The summed E-state index contributed by atoms with van der Waals surface area (Å²) in [5, 5.41) is 0. The molecule has 24 heavy (non-hydrogen) atoms. The van der Waals surface area contributed by atoms with E-state index in [4.69, 9.17) is 0 Å². The number of hydrogen-bond donors (Lipinski definition) is 0. The van der Waals surface area contributed by atoms with Gasteiger partial charge in [0.05, 0.1) is 16.1 Å². The molecule has 0 radical (unpaired) electrons. The first-order valence-electron chi connectivity index (χ1n) is 10.0. The zero-order valence-electron chi connectivity index (χ0n) is 17.4. The van der Waals surface area contributed by atoms with Gasteiger partial charge in [-0.3, -0.25) is 4.99 Å². The van der Waals surface area contributed by atoms with Crippen molar-refractivity contribution in [2.24, 2.45) is 4.99 Å². The van der Waals surface area contributed by atoms with E-state index in [1.807, 2.05) is 0 Å². The Balaban J connectivity index is 3.59. The fourth-order valence-corrected chi connectivity index (χ4v) is 7.15. The first kappa shape index (κ1) is 23.6. The lowest BCUT2D eigenvalue weighted by molar-refractivity contribution is 0.671. The van der Waals surface area contributed by atoms with Gasteiger partial charge in [-0.15, -0.1) is 0 Å². The summed E-state index contributed by atoms with van der Waals surface area (Å²) in [4.78, 5) is 4.62. The van der Waals surface area contributed by atoms with Crippen molar-refractivity contribution in [3.05, 3.63) is 24.3 Å². The quantitative estimate of drug-likeness (QED) is 0.130. The largest absolute Gasteiger partial charge is 0.298 e. The molecular formula is C21H43NSi2. The maximum atomic E-state index is 4.62. The summed E-state index contributed by atoms with van der Waals surface area (Å²) < 4.78 is 0. The van der Waals surface area contributed by atoms with E-state index in [1.165, 1.54) is 56.3 Å². The molecule has 0 spiro atoms. The highest BCUT2D eigenvalue weighted by Crippen LogP contribution is 2.20. The second-order valence-corrected chi connectivity index (χ2v) is 19.1. The highest BCUT2D eigenvalue weighted by molar-refractivity contribution is 6.78. The van der Waals surface area contributed by atoms with E-state index in [1.54, 1.807) is 0 Å². The molecule has 0 atom stereocenters. The molecule has 0 N–H and O–H groups in total. The summed E-state index contributed by atoms with van der Waals surface area (Å²) in [6.07, 6.45) is 17.9. The maximum absolute atomic E-state index is 4.62. The van der Waals surface area contributed by atoms with Crippen LogP contribution in [0.5, 0.6) is 0 Å². The second-order valence-electron chi connectivity index (χ2n) is 8.67. The molecule has 0 aromatic heterocycles. The molecule has 3 heteroatoms. The zero-order chi connectivity index (χ0) is 18.3. The van der Waals surface area contributed by atoms with Crippen LogP contribution in [0.25, 0.3) is 0 Å². The van der Waals surface area contributed by atoms with Crippen molar-refractivity contribution in [2.45, 2.75) is 96.3 Å². The Morgan fingerprint density at radius 3 is 1.83 bits per heavy atom. The van der Waals surface area contributed by atoms with E-state index in [0.717, 1.165) is 6.54 Å². The maximum Gasteiger partial charge on any atom is 0.0514 e. The lowest BCUT2D eigenvalue weighted by atomic mass is 10.2. The van der Waals surface area contributed by atoms with Crippen molar-refractivity contribution in [1.29, 1.82) is 0 Å². The fourth-order valence-electron chi connectivity index (χ4n) is 2.88. The minimum atomic E-state index is -1.02. The van der Waals surface area contributed by atoms with Crippen LogP contribution in [0.2, 0.25) is 50.4 Å². The summed E-state index contributed by atoms with van der Waals surface area (Å²) in [6.45, 7) is 15.3. The van der Waals surface area contributed by atoms with E-state index in [2.05, 4.69) is 75.5 Å². The molecule has 140 valence electrons. The standard InChI is InChI=1S/C21H43NSi2/c1-7-9-18-23(3,4)20-14-12-11-13-16-22-17-15-21-24(5,6)19-10-8-2/h7-10,17H,11-16,18-21H2,1-6H3/b9-7+,10-8+,22-17?. The van der Waals surface area contributed by atoms with E-state index in [-0.39, 0.29) is 0 Å². The van der Waals surface area contributed by atoms with Gasteiger partial charge in [0, 0.05) is 6.54 Å². The van der Waals surface area contributed by atoms with Gasteiger partial charge in [0.2, 0.25) is 0 Å². The Hall–Kier alpha value is -0.416. The Labute approximate surface area is 154 Å². The monoisotopic (exact) mass is 365 g/mol. The Morgan fingerprint density at radius 2 is 1.25 bits per heavy atom. The molecule has 0 aliphatic carbocycles. The number of unbranched alkanes of at least 4 members (excludes halogenated alkanes) is 3. The molecule has 0 saturated carbocycles. The molecule has 1 nitrogen and oxygen atoms in total. The van der Waals surface area contributed by atoms with Crippen LogP contribution in [-0.4, -0.2) is 28.9 Å². The lowest BCUT2D eigenvalue weighted by Crippen LogP contribution is -2.23. The van der Waals surface area contributed by atoms with Crippen LogP contribution in [0.4, 0.5) is 0 Å². The third-order valence-electron chi connectivity index (χ3n) is 4.78. The van der Waals surface area contributed by atoms with Crippen molar-refractivity contribution in [3.8, 4) is 0 Å². The van der Waals surface area contributed by atoms with Gasteiger partial charge < -0.3 is 0 Å². The van der Waals surface area contributed by atoms with Crippen LogP contribution in [-0.2, 0) is 0 Å². The molecule has 0 aliphatic rings. The average molecular weight is 366 g/mol. The van der Waals surface area contributed by atoms with E-state index >= 15 is 0 Å². The Bertz CT molecular complexity index is 381. The zero-order valence-corrected chi connectivity index (χ0v) is 19.4. The van der Waals surface area contributed by atoms with Gasteiger partial charge in [0.25, 0.3) is 0 Å². The predicted molar refractivity (Wildman–Crippen MR) is 120 cm³/mol. The second kappa shape index (κ2) is 13.8. The minimum Gasteiger partial charge on any atom is -0.298 e. The molecule has 0 heterocycles. The van der Waals surface area contributed by atoms with Gasteiger partial charge in [-0.25, -0.2) is 0 Å². The van der Waals surface area contributed by atoms with Crippen molar-refractivity contribution in [3.63, 3.8) is 0 Å². The van der Waals surface area contributed by atoms with Crippen LogP contribution >= 0.6 is 0 Å². The summed E-state index contributed by atoms with van der Waals surface area (Å²) in [6, 6.07) is 5.51. The van der Waals surface area contributed by atoms with E-state index < -0.39 is 16.1 Å². The summed E-state index contributed by atoms with van der Waals surface area (Å²) in [5.41, 5.74) is 0. The molecule has 0 aromatic rings. The number of aliphatic imine (C=N–C) groups is 1. The topological polar surface area (TPSA) is 12.4 Å². The molecule has 0 bridgehead atoms. The van der Waals surface area contributed by atoms with Gasteiger partial charge in [0.1, 0.15) is 0 Å². The number of nitrogens with zero attached hydrogens (tertiary/aromatic N) is 1. The van der Waals surface area contributed by atoms with Crippen molar-refractivity contribution in [1.82, 2.24) is 0 Å². The van der Waals surface area contributed by atoms with Crippen LogP contribution < -0.4 is 0 Å². The lowest BCUT2D eigenvalue weighted by Gasteiger charge is -2.20. The first-order valence-corrected chi connectivity index (χ1v) is 16.9. The van der Waals surface area contributed by atoms with E-state index in [9.17, 15) is 0 Å². The molecule has 0 amide bonds. The predicted octanol–water partition coefficient (Wildman–Crippen LogP) is 7.58. The highest BCUT2D eigenvalue weighted by atomic mass is 28.3. The van der Waals surface area contributed by atoms with Crippen molar-refractivity contribution in [2.75, 3.05) is 6.54 Å². The van der Waals surface area contributed by atoms with Crippen LogP contribution in [0.1, 0.15) is 46.0 Å². The summed E-state index contributed by atoms with van der Waals surface area (Å²) in [5.74, 6) is 0. The molecule has 0 aliphatic heterocycles. The number of hydrogen-bond acceptors (Lipinski definition) is 1. The Morgan fingerprint density at radius 1 is 0.708 bits per heavy atom. The third kappa shape index (κ3) is 15.1. The van der Waals surface area contributed by atoms with Gasteiger partial charge >= 0.3 is 0 Å². The van der Waals surface area contributed by atoms with Gasteiger partial charge in [-0.1, -0.05) is 81.8 Å². The van der Waals surface area contributed by atoms with Gasteiger partial charge in [-0.2, -0.15) is 0 Å². The molecule has 0 saturated heterocycles. The molecular weight excluding hydrogens is 322 g/mol. The average Bonchev–Trinajstić information content (AvgIpc) is 2.53. The Kier molecular flexibility index (Phi) is 13.6. The first-order chi connectivity index (χ1) is 11.3. The number of rotatable bonds is 14. The van der Waals surface area contributed by atoms with Crippen LogP contribution in [0, 0.1) is 0 Å². The van der Waals surface area contributed by atoms with E-state index in [0.29, 0.717) is 0 Å². The SMILES string of the molecule is C/C=C/C[Si](C)(C)CCC=NCCCCCC[Si](C)(C)C/C=C/C. The van der Waals surface area contributed by atoms with Crippen LogP contribution in [0.3, 0.4) is 0 Å². The van der Waals surface area contributed by atoms with Gasteiger partial charge in [0.15, 0.2) is 0 Å². The molecule has 0 fully saturated rings. The smallest absolute Gasteiger partial charge is 0.0514 e. The van der Waals surface area contributed by atoms with Crippen molar-refractivity contribution < 1.29 is 0 Å². The molecule has 0 rings (SSSR count). The molecule has 0 aromatic carbocycles. The third-order valence-corrected chi connectivity index (χ3v) is 10.8. The summed E-state index contributed by atoms with van der Waals surface area (Å²) >= 11 is 0. The van der Waals surface area contributed by atoms with Gasteiger partial charge in [-0.05, 0) is 45.0 Å². The van der Waals surface area contributed by atoms with Crippen molar-refractivity contribution >= 4 is 22.4 Å².